The summed E-state index contributed by atoms with van der Waals surface area (Å²) in [4.78, 5) is 13.0. The molecule has 1 rings (SSSR count). The van der Waals surface area contributed by atoms with Crippen LogP contribution in [0.1, 0.15) is 11.1 Å². The molecule has 1 atom stereocenters. The van der Waals surface area contributed by atoms with Gasteiger partial charge in [-0.3, -0.25) is 4.79 Å². The number of carbonyl (C=O) groups excluding carboxylic acids is 1. The van der Waals surface area contributed by atoms with Gasteiger partial charge < -0.3 is 10.6 Å². The summed E-state index contributed by atoms with van der Waals surface area (Å²) in [6.07, 6.45) is 0.390. The number of carbonyl (C=O) groups is 1. The highest BCUT2D eigenvalue weighted by molar-refractivity contribution is 5.81. The van der Waals surface area contributed by atoms with E-state index in [1.807, 2.05) is 12.1 Å². The van der Waals surface area contributed by atoms with Crippen molar-refractivity contribution < 1.29 is 4.79 Å². The summed E-state index contributed by atoms with van der Waals surface area (Å²) in [7, 11) is 3.33. The van der Waals surface area contributed by atoms with Gasteiger partial charge in [-0.15, -0.1) is 0 Å². The van der Waals surface area contributed by atoms with E-state index in [9.17, 15) is 4.79 Å². The number of amides is 1. The van der Waals surface area contributed by atoms with Crippen LogP contribution in [-0.4, -0.2) is 30.9 Å². The lowest BCUT2D eigenvalue weighted by Crippen LogP contribution is -2.41. The Morgan fingerprint density at radius 2 is 2.12 bits per heavy atom. The first kappa shape index (κ1) is 12.2. The fourth-order valence-corrected chi connectivity index (χ4v) is 1.46. The SMILES string of the molecule is CN(C)C(=O)C(N)Cc1ccccc1C#N. The first-order valence-corrected chi connectivity index (χ1v) is 5.01. The molecule has 2 N–H and O–H groups in total. The molecular weight excluding hydrogens is 202 g/mol. The normalized spacial score (nSPS) is 11.6. The van der Waals surface area contributed by atoms with E-state index in [0.717, 1.165) is 5.56 Å². The van der Waals surface area contributed by atoms with E-state index in [4.69, 9.17) is 11.0 Å². The van der Waals surface area contributed by atoms with Crippen LogP contribution in [0.4, 0.5) is 0 Å². The number of nitrogens with two attached hydrogens (primary N) is 1. The summed E-state index contributed by atoms with van der Waals surface area (Å²) in [6.45, 7) is 0. The molecule has 0 aromatic heterocycles. The molecule has 0 saturated heterocycles. The van der Waals surface area contributed by atoms with Crippen molar-refractivity contribution >= 4 is 5.91 Å². The number of hydrogen-bond donors (Lipinski definition) is 1. The number of rotatable bonds is 3. The lowest BCUT2D eigenvalue weighted by molar-refractivity contribution is -0.130. The minimum absolute atomic E-state index is 0.132. The van der Waals surface area contributed by atoms with Gasteiger partial charge in [-0.1, -0.05) is 18.2 Å². The maximum absolute atomic E-state index is 11.6. The zero-order valence-corrected chi connectivity index (χ0v) is 9.47. The van der Waals surface area contributed by atoms with Crippen LogP contribution in [0.2, 0.25) is 0 Å². The standard InChI is InChI=1S/C12H15N3O/c1-15(2)12(16)11(14)7-9-5-3-4-6-10(9)8-13/h3-6,11H,7,14H2,1-2H3. The lowest BCUT2D eigenvalue weighted by atomic mass is 10.0. The van der Waals surface area contributed by atoms with E-state index in [1.54, 1.807) is 26.2 Å². The van der Waals surface area contributed by atoms with Gasteiger partial charge in [-0.2, -0.15) is 5.26 Å². The molecule has 0 heterocycles. The van der Waals surface area contributed by atoms with E-state index in [2.05, 4.69) is 6.07 Å². The van der Waals surface area contributed by atoms with Crippen molar-refractivity contribution in [2.75, 3.05) is 14.1 Å². The molecule has 0 spiro atoms. The molecule has 4 nitrogen and oxygen atoms in total. The molecule has 4 heteroatoms. The summed E-state index contributed by atoms with van der Waals surface area (Å²) in [5, 5.41) is 8.89. The van der Waals surface area contributed by atoms with Crippen LogP contribution in [-0.2, 0) is 11.2 Å². The quantitative estimate of drug-likeness (QED) is 0.802. The van der Waals surface area contributed by atoms with Crippen molar-refractivity contribution in [2.45, 2.75) is 12.5 Å². The molecule has 0 aliphatic rings. The van der Waals surface area contributed by atoms with E-state index >= 15 is 0 Å². The fourth-order valence-electron chi connectivity index (χ4n) is 1.46. The Bertz CT molecular complexity index is 421. The van der Waals surface area contributed by atoms with Crippen LogP contribution in [0.25, 0.3) is 0 Å². The van der Waals surface area contributed by atoms with Gasteiger partial charge in [0.15, 0.2) is 0 Å². The third-order valence-corrected chi connectivity index (χ3v) is 2.34. The Labute approximate surface area is 95.3 Å². The molecule has 0 fully saturated rings. The van der Waals surface area contributed by atoms with Crippen LogP contribution in [0, 0.1) is 11.3 Å². The second-order valence-electron chi connectivity index (χ2n) is 3.81. The molecule has 0 bridgehead atoms. The van der Waals surface area contributed by atoms with Gasteiger partial charge in [0.1, 0.15) is 0 Å². The van der Waals surface area contributed by atoms with Gasteiger partial charge in [0, 0.05) is 14.1 Å². The summed E-state index contributed by atoms with van der Waals surface area (Å²) >= 11 is 0. The Morgan fingerprint density at radius 1 is 1.50 bits per heavy atom. The van der Waals surface area contributed by atoms with Gasteiger partial charge >= 0.3 is 0 Å². The number of nitrogens with zero attached hydrogens (tertiary/aromatic N) is 2. The smallest absolute Gasteiger partial charge is 0.239 e. The Kier molecular flexibility index (Phi) is 4.03. The molecule has 16 heavy (non-hydrogen) atoms. The Hall–Kier alpha value is -1.86. The van der Waals surface area contributed by atoms with Gasteiger partial charge in [0.25, 0.3) is 0 Å². The second-order valence-corrected chi connectivity index (χ2v) is 3.81. The van der Waals surface area contributed by atoms with E-state index in [0.29, 0.717) is 12.0 Å². The first-order valence-electron chi connectivity index (χ1n) is 5.01. The molecule has 84 valence electrons. The van der Waals surface area contributed by atoms with Crippen LogP contribution in [0.15, 0.2) is 24.3 Å². The van der Waals surface area contributed by atoms with Crippen LogP contribution in [0.3, 0.4) is 0 Å². The number of likely N-dealkylation sites (N-methyl/N-ethyl adjacent to an activating group) is 1. The predicted octanol–water partition coefficient (Wildman–Crippen LogP) is 0.516. The van der Waals surface area contributed by atoms with E-state index in [-0.39, 0.29) is 5.91 Å². The largest absolute Gasteiger partial charge is 0.347 e. The van der Waals surface area contributed by atoms with Crippen molar-refractivity contribution in [3.8, 4) is 6.07 Å². The fraction of sp³-hybridized carbons (Fsp3) is 0.333. The first-order chi connectivity index (χ1) is 7.56. The topological polar surface area (TPSA) is 70.1 Å². The highest BCUT2D eigenvalue weighted by Crippen LogP contribution is 2.09. The number of nitriles is 1. The number of benzene rings is 1. The maximum Gasteiger partial charge on any atom is 0.239 e. The van der Waals surface area contributed by atoms with Gasteiger partial charge in [0.05, 0.1) is 17.7 Å². The molecular formula is C12H15N3O. The minimum Gasteiger partial charge on any atom is -0.347 e. The molecule has 1 aromatic carbocycles. The third-order valence-electron chi connectivity index (χ3n) is 2.34. The van der Waals surface area contributed by atoms with E-state index < -0.39 is 6.04 Å². The van der Waals surface area contributed by atoms with E-state index in [1.165, 1.54) is 4.90 Å². The zero-order chi connectivity index (χ0) is 12.1. The average molecular weight is 217 g/mol. The molecule has 0 saturated carbocycles. The minimum atomic E-state index is -0.593. The van der Waals surface area contributed by atoms with Crippen molar-refractivity contribution in [1.82, 2.24) is 4.90 Å². The lowest BCUT2D eigenvalue weighted by Gasteiger charge is -2.17. The van der Waals surface area contributed by atoms with Gasteiger partial charge in [0.2, 0.25) is 5.91 Å². The van der Waals surface area contributed by atoms with Gasteiger partial charge in [-0.25, -0.2) is 0 Å². The van der Waals surface area contributed by atoms with Crippen molar-refractivity contribution in [3.05, 3.63) is 35.4 Å². The summed E-state index contributed by atoms with van der Waals surface area (Å²) in [5.74, 6) is -0.132. The third kappa shape index (κ3) is 2.81. The predicted molar refractivity (Wildman–Crippen MR) is 61.5 cm³/mol. The molecule has 0 aliphatic carbocycles. The second kappa shape index (κ2) is 5.29. The van der Waals surface area contributed by atoms with Crippen LogP contribution in [0.5, 0.6) is 0 Å². The Morgan fingerprint density at radius 3 is 2.69 bits per heavy atom. The zero-order valence-electron chi connectivity index (χ0n) is 9.47. The molecule has 1 unspecified atom stereocenters. The average Bonchev–Trinajstić information content (AvgIpc) is 2.28. The van der Waals surface area contributed by atoms with Crippen LogP contribution >= 0.6 is 0 Å². The summed E-state index contributed by atoms with van der Waals surface area (Å²) in [5.41, 5.74) is 7.16. The number of hydrogen-bond acceptors (Lipinski definition) is 3. The highest BCUT2D eigenvalue weighted by atomic mass is 16.2. The summed E-state index contributed by atoms with van der Waals surface area (Å²) in [6, 6.07) is 8.67. The van der Waals surface area contributed by atoms with Crippen molar-refractivity contribution in [3.63, 3.8) is 0 Å². The molecule has 0 radical (unpaired) electrons. The molecule has 1 amide bonds. The Balaban J connectivity index is 2.81. The van der Waals surface area contributed by atoms with Crippen LogP contribution < -0.4 is 5.73 Å². The van der Waals surface area contributed by atoms with Crippen molar-refractivity contribution in [1.29, 1.82) is 5.26 Å². The van der Waals surface area contributed by atoms with Crippen molar-refractivity contribution in [2.24, 2.45) is 5.73 Å². The summed E-state index contributed by atoms with van der Waals surface area (Å²) < 4.78 is 0. The monoisotopic (exact) mass is 217 g/mol. The van der Waals surface area contributed by atoms with Gasteiger partial charge in [-0.05, 0) is 18.1 Å². The molecule has 0 aliphatic heterocycles. The highest BCUT2D eigenvalue weighted by Gasteiger charge is 2.17. The molecule has 1 aromatic rings. The maximum atomic E-state index is 11.6.